The summed E-state index contributed by atoms with van der Waals surface area (Å²) in [4.78, 5) is 19.6. The molecule has 2 aromatic rings. The number of H-pyrrole nitrogens is 1. The van der Waals surface area contributed by atoms with Crippen molar-refractivity contribution in [2.45, 2.75) is 52.5 Å². The van der Waals surface area contributed by atoms with E-state index in [4.69, 9.17) is 0 Å². The lowest BCUT2D eigenvalue weighted by Crippen LogP contribution is -2.39. The lowest BCUT2D eigenvalue weighted by molar-refractivity contribution is 0.0904. The Hall–Kier alpha value is -1.84. The standard InChI is InChI=1S/C18H25N3O/c1-18(2,3)13-5-7-14(8-6-13)21-17(22)12-4-9-15-16(10-12)20-11-19-15/h4,9-11,13-14H,5-8H2,1-3H3,(H,19,20)(H,21,22). The molecule has 0 spiro atoms. The van der Waals surface area contributed by atoms with Crippen molar-refractivity contribution in [1.82, 2.24) is 15.3 Å². The van der Waals surface area contributed by atoms with Gasteiger partial charge in [-0.2, -0.15) is 0 Å². The number of rotatable bonds is 2. The average Bonchev–Trinajstić information content (AvgIpc) is 2.94. The van der Waals surface area contributed by atoms with Gasteiger partial charge in [-0.05, 0) is 55.2 Å². The van der Waals surface area contributed by atoms with Crippen LogP contribution in [-0.2, 0) is 0 Å². The van der Waals surface area contributed by atoms with Gasteiger partial charge in [-0.25, -0.2) is 4.98 Å². The summed E-state index contributed by atoms with van der Waals surface area (Å²) >= 11 is 0. The predicted molar refractivity (Wildman–Crippen MR) is 88.8 cm³/mol. The second kappa shape index (κ2) is 5.75. The number of amides is 1. The quantitative estimate of drug-likeness (QED) is 0.883. The molecule has 1 fully saturated rings. The molecule has 2 N–H and O–H groups in total. The Balaban J connectivity index is 1.60. The number of aromatic nitrogens is 2. The highest BCUT2D eigenvalue weighted by atomic mass is 16.1. The van der Waals surface area contributed by atoms with E-state index in [1.54, 1.807) is 6.33 Å². The van der Waals surface area contributed by atoms with Crippen molar-refractivity contribution in [2.24, 2.45) is 11.3 Å². The van der Waals surface area contributed by atoms with Crippen LogP contribution in [0.2, 0.25) is 0 Å². The molecule has 0 saturated heterocycles. The molecule has 0 aliphatic heterocycles. The molecule has 1 amide bonds. The van der Waals surface area contributed by atoms with E-state index < -0.39 is 0 Å². The lowest BCUT2D eigenvalue weighted by Gasteiger charge is -2.37. The van der Waals surface area contributed by atoms with Crippen molar-refractivity contribution in [2.75, 3.05) is 0 Å². The van der Waals surface area contributed by atoms with Crippen LogP contribution in [0.4, 0.5) is 0 Å². The maximum Gasteiger partial charge on any atom is 0.251 e. The molecule has 1 aliphatic rings. The summed E-state index contributed by atoms with van der Waals surface area (Å²) < 4.78 is 0. The van der Waals surface area contributed by atoms with Gasteiger partial charge < -0.3 is 10.3 Å². The van der Waals surface area contributed by atoms with Gasteiger partial charge in [-0.1, -0.05) is 20.8 Å². The summed E-state index contributed by atoms with van der Waals surface area (Å²) in [5, 5.41) is 3.19. The van der Waals surface area contributed by atoms with Gasteiger partial charge in [0.2, 0.25) is 0 Å². The molecular formula is C18H25N3O. The molecule has 0 unspecified atom stereocenters. The van der Waals surface area contributed by atoms with E-state index in [-0.39, 0.29) is 5.91 Å². The van der Waals surface area contributed by atoms with Crippen LogP contribution in [0.3, 0.4) is 0 Å². The first-order chi connectivity index (χ1) is 10.4. The molecular weight excluding hydrogens is 274 g/mol. The molecule has 1 aromatic heterocycles. The SMILES string of the molecule is CC(C)(C)C1CCC(NC(=O)c2ccc3nc[nH]c3c2)CC1. The highest BCUT2D eigenvalue weighted by Gasteiger charge is 2.30. The Kier molecular flexibility index (Phi) is 3.94. The molecule has 3 rings (SSSR count). The molecule has 22 heavy (non-hydrogen) atoms. The smallest absolute Gasteiger partial charge is 0.251 e. The number of benzene rings is 1. The second-order valence-corrected chi connectivity index (χ2v) is 7.52. The Morgan fingerprint density at radius 1 is 1.23 bits per heavy atom. The van der Waals surface area contributed by atoms with E-state index in [2.05, 4.69) is 36.1 Å². The van der Waals surface area contributed by atoms with Gasteiger partial charge in [-0.3, -0.25) is 4.79 Å². The maximum absolute atomic E-state index is 12.4. The fraction of sp³-hybridized carbons (Fsp3) is 0.556. The third-order valence-electron chi connectivity index (χ3n) is 4.97. The average molecular weight is 299 g/mol. The zero-order valence-corrected chi connectivity index (χ0v) is 13.6. The van der Waals surface area contributed by atoms with Gasteiger partial charge in [0.25, 0.3) is 5.91 Å². The van der Waals surface area contributed by atoms with E-state index in [0.29, 0.717) is 17.0 Å². The van der Waals surface area contributed by atoms with Crippen LogP contribution < -0.4 is 5.32 Å². The van der Waals surface area contributed by atoms with E-state index in [1.165, 1.54) is 12.8 Å². The van der Waals surface area contributed by atoms with Crippen LogP contribution >= 0.6 is 0 Å². The molecule has 1 heterocycles. The monoisotopic (exact) mass is 299 g/mol. The molecule has 0 atom stereocenters. The molecule has 0 radical (unpaired) electrons. The molecule has 4 nitrogen and oxygen atoms in total. The van der Waals surface area contributed by atoms with Crippen LogP contribution in [0, 0.1) is 11.3 Å². The Bertz CT molecular complexity index is 660. The number of aromatic amines is 1. The first kappa shape index (κ1) is 15.1. The molecule has 1 aliphatic carbocycles. The summed E-state index contributed by atoms with van der Waals surface area (Å²) in [7, 11) is 0. The molecule has 1 saturated carbocycles. The third kappa shape index (κ3) is 3.16. The highest BCUT2D eigenvalue weighted by Crippen LogP contribution is 2.37. The first-order valence-electron chi connectivity index (χ1n) is 8.17. The van der Waals surface area contributed by atoms with Crippen molar-refractivity contribution < 1.29 is 4.79 Å². The predicted octanol–water partition coefficient (Wildman–Crippen LogP) is 3.90. The topological polar surface area (TPSA) is 57.8 Å². The van der Waals surface area contributed by atoms with Gasteiger partial charge in [0.1, 0.15) is 0 Å². The van der Waals surface area contributed by atoms with Crippen molar-refractivity contribution >= 4 is 16.9 Å². The van der Waals surface area contributed by atoms with Gasteiger partial charge in [0.05, 0.1) is 17.4 Å². The number of nitrogens with one attached hydrogen (secondary N) is 2. The number of fused-ring (bicyclic) bond motifs is 1. The minimum absolute atomic E-state index is 0.0238. The Morgan fingerprint density at radius 3 is 2.64 bits per heavy atom. The van der Waals surface area contributed by atoms with Crippen LogP contribution in [0.25, 0.3) is 11.0 Å². The summed E-state index contributed by atoms with van der Waals surface area (Å²) in [5.74, 6) is 0.790. The van der Waals surface area contributed by atoms with Crippen molar-refractivity contribution in [3.05, 3.63) is 30.1 Å². The van der Waals surface area contributed by atoms with E-state index in [9.17, 15) is 4.79 Å². The normalized spacial score (nSPS) is 22.7. The largest absolute Gasteiger partial charge is 0.349 e. The van der Waals surface area contributed by atoms with Crippen molar-refractivity contribution in [1.29, 1.82) is 0 Å². The number of hydrogen-bond acceptors (Lipinski definition) is 2. The molecule has 4 heteroatoms. The van der Waals surface area contributed by atoms with Crippen molar-refractivity contribution in [3.63, 3.8) is 0 Å². The van der Waals surface area contributed by atoms with Crippen LogP contribution in [-0.4, -0.2) is 21.9 Å². The first-order valence-corrected chi connectivity index (χ1v) is 8.17. The van der Waals surface area contributed by atoms with E-state index in [1.807, 2.05) is 18.2 Å². The summed E-state index contributed by atoms with van der Waals surface area (Å²) in [6.07, 6.45) is 6.22. The number of carbonyl (C=O) groups excluding carboxylic acids is 1. The fourth-order valence-corrected chi connectivity index (χ4v) is 3.45. The van der Waals surface area contributed by atoms with E-state index in [0.717, 1.165) is 29.8 Å². The zero-order valence-electron chi connectivity index (χ0n) is 13.6. The Labute approximate surface area is 131 Å². The number of hydrogen-bond donors (Lipinski definition) is 2. The molecule has 1 aromatic carbocycles. The van der Waals surface area contributed by atoms with Gasteiger partial charge >= 0.3 is 0 Å². The van der Waals surface area contributed by atoms with Crippen LogP contribution in [0.5, 0.6) is 0 Å². The number of nitrogens with zero attached hydrogens (tertiary/aromatic N) is 1. The number of carbonyl (C=O) groups is 1. The second-order valence-electron chi connectivity index (χ2n) is 7.52. The third-order valence-corrected chi connectivity index (χ3v) is 4.97. The summed E-state index contributed by atoms with van der Waals surface area (Å²) in [6, 6.07) is 5.92. The Morgan fingerprint density at radius 2 is 1.95 bits per heavy atom. The maximum atomic E-state index is 12.4. The molecule has 118 valence electrons. The lowest BCUT2D eigenvalue weighted by atomic mass is 9.71. The van der Waals surface area contributed by atoms with Crippen LogP contribution in [0.15, 0.2) is 24.5 Å². The minimum atomic E-state index is 0.0238. The van der Waals surface area contributed by atoms with Gasteiger partial charge in [0, 0.05) is 11.6 Å². The minimum Gasteiger partial charge on any atom is -0.349 e. The summed E-state index contributed by atoms with van der Waals surface area (Å²) in [5.41, 5.74) is 2.88. The summed E-state index contributed by atoms with van der Waals surface area (Å²) in [6.45, 7) is 6.95. The van der Waals surface area contributed by atoms with Gasteiger partial charge in [0.15, 0.2) is 0 Å². The highest BCUT2D eigenvalue weighted by molar-refractivity contribution is 5.97. The van der Waals surface area contributed by atoms with Gasteiger partial charge in [-0.15, -0.1) is 0 Å². The number of imidazole rings is 1. The zero-order chi connectivity index (χ0) is 15.7. The van der Waals surface area contributed by atoms with Crippen LogP contribution in [0.1, 0.15) is 56.8 Å². The van der Waals surface area contributed by atoms with Crippen molar-refractivity contribution in [3.8, 4) is 0 Å². The molecule has 0 bridgehead atoms. The van der Waals surface area contributed by atoms with E-state index >= 15 is 0 Å². The fourth-order valence-electron chi connectivity index (χ4n) is 3.45.